The van der Waals surface area contributed by atoms with E-state index < -0.39 is 11.6 Å². The standard InChI is InChI=1S/C11H13ClO3/c1-3-15-10(13)11(2,14)8-4-6-9(12)7-5-8/h4-7,14H,3H2,1-2H3/t11-/m1/s1. The van der Waals surface area contributed by atoms with Crippen molar-refractivity contribution in [1.82, 2.24) is 0 Å². The zero-order valence-electron chi connectivity index (χ0n) is 8.66. The maximum atomic E-state index is 11.4. The van der Waals surface area contributed by atoms with E-state index in [0.717, 1.165) is 0 Å². The average molecular weight is 229 g/mol. The Labute approximate surface area is 93.6 Å². The minimum Gasteiger partial charge on any atom is -0.464 e. The van der Waals surface area contributed by atoms with E-state index in [1.807, 2.05) is 0 Å². The molecule has 0 aromatic heterocycles. The first kappa shape index (κ1) is 12.0. The molecule has 0 aliphatic carbocycles. The van der Waals surface area contributed by atoms with Gasteiger partial charge in [0.2, 0.25) is 0 Å². The van der Waals surface area contributed by atoms with Crippen molar-refractivity contribution in [3.63, 3.8) is 0 Å². The van der Waals surface area contributed by atoms with Crippen LogP contribution in [0.3, 0.4) is 0 Å². The Hall–Kier alpha value is -1.06. The lowest BCUT2D eigenvalue weighted by molar-refractivity contribution is -0.164. The number of hydrogen-bond acceptors (Lipinski definition) is 3. The second-order valence-electron chi connectivity index (χ2n) is 3.30. The maximum Gasteiger partial charge on any atom is 0.342 e. The van der Waals surface area contributed by atoms with Gasteiger partial charge in [-0.25, -0.2) is 4.79 Å². The van der Waals surface area contributed by atoms with Crippen LogP contribution in [0.15, 0.2) is 24.3 Å². The molecule has 1 atom stereocenters. The largest absolute Gasteiger partial charge is 0.464 e. The van der Waals surface area contributed by atoms with Crippen LogP contribution in [0.2, 0.25) is 5.02 Å². The zero-order chi connectivity index (χ0) is 11.5. The van der Waals surface area contributed by atoms with Gasteiger partial charge in [0.1, 0.15) is 0 Å². The van der Waals surface area contributed by atoms with Crippen LogP contribution >= 0.6 is 11.6 Å². The van der Waals surface area contributed by atoms with Crippen LogP contribution in [-0.4, -0.2) is 17.7 Å². The summed E-state index contributed by atoms with van der Waals surface area (Å²) in [4.78, 5) is 11.4. The third kappa shape index (κ3) is 2.70. The lowest BCUT2D eigenvalue weighted by Crippen LogP contribution is -2.34. The molecule has 4 heteroatoms. The summed E-state index contributed by atoms with van der Waals surface area (Å²) in [5, 5.41) is 10.5. The van der Waals surface area contributed by atoms with Crippen molar-refractivity contribution in [2.24, 2.45) is 0 Å². The van der Waals surface area contributed by atoms with Crippen LogP contribution in [0.5, 0.6) is 0 Å². The summed E-state index contributed by atoms with van der Waals surface area (Å²) in [5.74, 6) is -0.660. The first-order valence-electron chi connectivity index (χ1n) is 4.64. The smallest absolute Gasteiger partial charge is 0.342 e. The summed E-state index contributed by atoms with van der Waals surface area (Å²) in [7, 11) is 0. The van der Waals surface area contributed by atoms with Gasteiger partial charge < -0.3 is 9.84 Å². The molecule has 3 nitrogen and oxygen atoms in total. The number of esters is 1. The van der Waals surface area contributed by atoms with Gasteiger partial charge in [-0.2, -0.15) is 0 Å². The Morgan fingerprint density at radius 2 is 2.00 bits per heavy atom. The van der Waals surface area contributed by atoms with Crippen LogP contribution in [0.4, 0.5) is 0 Å². The molecule has 1 aromatic rings. The van der Waals surface area contributed by atoms with E-state index in [4.69, 9.17) is 16.3 Å². The number of carbonyl (C=O) groups is 1. The molecule has 82 valence electrons. The fourth-order valence-electron chi connectivity index (χ4n) is 1.16. The summed E-state index contributed by atoms with van der Waals surface area (Å²) in [6.07, 6.45) is 0. The van der Waals surface area contributed by atoms with Crippen molar-refractivity contribution in [2.45, 2.75) is 19.4 Å². The monoisotopic (exact) mass is 228 g/mol. The zero-order valence-corrected chi connectivity index (χ0v) is 9.41. The van der Waals surface area contributed by atoms with E-state index in [2.05, 4.69) is 0 Å². The Morgan fingerprint density at radius 3 is 2.47 bits per heavy atom. The highest BCUT2D eigenvalue weighted by Gasteiger charge is 2.33. The Balaban J connectivity index is 2.94. The highest BCUT2D eigenvalue weighted by Crippen LogP contribution is 2.23. The first-order chi connectivity index (χ1) is 6.98. The van der Waals surface area contributed by atoms with Crippen LogP contribution in [0, 0.1) is 0 Å². The molecular formula is C11H13ClO3. The van der Waals surface area contributed by atoms with Gasteiger partial charge in [-0.1, -0.05) is 23.7 Å². The Bertz CT molecular complexity index is 343. The van der Waals surface area contributed by atoms with Crippen molar-refractivity contribution in [1.29, 1.82) is 0 Å². The van der Waals surface area contributed by atoms with Gasteiger partial charge >= 0.3 is 5.97 Å². The van der Waals surface area contributed by atoms with Crippen molar-refractivity contribution < 1.29 is 14.6 Å². The highest BCUT2D eigenvalue weighted by atomic mass is 35.5. The summed E-state index contributed by atoms with van der Waals surface area (Å²) >= 11 is 5.70. The number of carbonyl (C=O) groups excluding carboxylic acids is 1. The van der Waals surface area contributed by atoms with Crippen LogP contribution in [0.1, 0.15) is 19.4 Å². The number of ether oxygens (including phenoxy) is 1. The van der Waals surface area contributed by atoms with Crippen LogP contribution in [-0.2, 0) is 15.1 Å². The minimum absolute atomic E-state index is 0.239. The fraction of sp³-hybridized carbons (Fsp3) is 0.364. The predicted octanol–water partition coefficient (Wildman–Crippen LogP) is 2.11. The molecular weight excluding hydrogens is 216 g/mol. The molecule has 0 aliphatic heterocycles. The molecule has 1 N–H and O–H groups in total. The van der Waals surface area contributed by atoms with Gasteiger partial charge in [0.05, 0.1) is 6.61 Å². The summed E-state index contributed by atoms with van der Waals surface area (Å²) < 4.78 is 4.77. The van der Waals surface area contributed by atoms with Gasteiger partial charge in [0.15, 0.2) is 5.60 Å². The normalized spacial score (nSPS) is 14.4. The van der Waals surface area contributed by atoms with E-state index in [1.54, 1.807) is 31.2 Å². The van der Waals surface area contributed by atoms with Gasteiger partial charge in [0.25, 0.3) is 0 Å². The van der Waals surface area contributed by atoms with Crippen molar-refractivity contribution in [2.75, 3.05) is 6.61 Å². The van der Waals surface area contributed by atoms with E-state index in [-0.39, 0.29) is 6.61 Å². The lowest BCUT2D eigenvalue weighted by atomic mass is 9.96. The molecule has 0 bridgehead atoms. The molecule has 1 aromatic carbocycles. The molecule has 0 spiro atoms. The van der Waals surface area contributed by atoms with Crippen molar-refractivity contribution in [3.8, 4) is 0 Å². The number of aliphatic hydroxyl groups is 1. The van der Waals surface area contributed by atoms with Gasteiger partial charge in [-0.15, -0.1) is 0 Å². The molecule has 0 fully saturated rings. The third-order valence-corrected chi connectivity index (χ3v) is 2.33. The number of rotatable bonds is 3. The topological polar surface area (TPSA) is 46.5 Å². The molecule has 0 saturated carbocycles. The number of halogens is 1. The molecule has 0 saturated heterocycles. The molecule has 0 heterocycles. The van der Waals surface area contributed by atoms with E-state index in [1.165, 1.54) is 6.92 Å². The summed E-state index contributed by atoms with van der Waals surface area (Å²) in [6, 6.07) is 6.42. The Kier molecular flexibility index (Phi) is 3.72. The minimum atomic E-state index is -1.62. The Morgan fingerprint density at radius 1 is 1.47 bits per heavy atom. The number of hydrogen-bond donors (Lipinski definition) is 1. The van der Waals surface area contributed by atoms with Gasteiger partial charge in [-0.3, -0.25) is 0 Å². The predicted molar refractivity (Wildman–Crippen MR) is 57.7 cm³/mol. The third-order valence-electron chi connectivity index (χ3n) is 2.08. The summed E-state index contributed by atoms with van der Waals surface area (Å²) in [5.41, 5.74) is -1.16. The molecule has 0 aliphatic rings. The molecule has 15 heavy (non-hydrogen) atoms. The summed E-state index contributed by atoms with van der Waals surface area (Å²) in [6.45, 7) is 3.33. The van der Waals surface area contributed by atoms with Crippen LogP contribution < -0.4 is 0 Å². The first-order valence-corrected chi connectivity index (χ1v) is 5.02. The quantitative estimate of drug-likeness (QED) is 0.806. The van der Waals surface area contributed by atoms with E-state index in [0.29, 0.717) is 10.6 Å². The molecule has 1 rings (SSSR count). The van der Waals surface area contributed by atoms with Gasteiger partial charge in [0, 0.05) is 5.02 Å². The van der Waals surface area contributed by atoms with Crippen LogP contribution in [0.25, 0.3) is 0 Å². The molecule has 0 amide bonds. The fourth-order valence-corrected chi connectivity index (χ4v) is 1.29. The lowest BCUT2D eigenvalue weighted by Gasteiger charge is -2.21. The maximum absolute atomic E-state index is 11.4. The van der Waals surface area contributed by atoms with Crippen molar-refractivity contribution >= 4 is 17.6 Å². The molecule has 0 unspecified atom stereocenters. The number of benzene rings is 1. The average Bonchev–Trinajstić information content (AvgIpc) is 2.18. The van der Waals surface area contributed by atoms with E-state index in [9.17, 15) is 9.90 Å². The van der Waals surface area contributed by atoms with Crippen molar-refractivity contribution in [3.05, 3.63) is 34.9 Å². The van der Waals surface area contributed by atoms with Gasteiger partial charge in [-0.05, 0) is 31.5 Å². The SMILES string of the molecule is CCOC(=O)[C@](C)(O)c1ccc(Cl)cc1. The second kappa shape index (κ2) is 4.64. The van der Waals surface area contributed by atoms with E-state index >= 15 is 0 Å². The second-order valence-corrected chi connectivity index (χ2v) is 3.74. The highest BCUT2D eigenvalue weighted by molar-refractivity contribution is 6.30. The molecule has 0 radical (unpaired) electrons.